The fraction of sp³-hybridized carbons (Fsp3) is 0.133. The lowest BCUT2D eigenvalue weighted by atomic mass is 10.3. The Balaban J connectivity index is 1.97. The van der Waals surface area contributed by atoms with Crippen LogP contribution >= 0.6 is 11.6 Å². The number of hydrogen-bond acceptors (Lipinski definition) is 3. The third-order valence-electron chi connectivity index (χ3n) is 3.37. The molecule has 0 fully saturated rings. The number of rotatable bonds is 4. The van der Waals surface area contributed by atoms with Gasteiger partial charge in [0.2, 0.25) is 0 Å². The number of halogens is 1. The van der Waals surface area contributed by atoms with Crippen LogP contribution in [0, 0.1) is 6.92 Å². The summed E-state index contributed by atoms with van der Waals surface area (Å²) in [5, 5.41) is 4.12. The number of benzene rings is 1. The van der Waals surface area contributed by atoms with Crippen molar-refractivity contribution in [2.45, 2.75) is 11.8 Å². The van der Waals surface area contributed by atoms with Gasteiger partial charge in [-0.1, -0.05) is 17.7 Å². The molecule has 8 heteroatoms. The van der Waals surface area contributed by atoms with Crippen molar-refractivity contribution in [3.8, 4) is 5.69 Å². The summed E-state index contributed by atoms with van der Waals surface area (Å²) >= 11 is 6.05. The summed E-state index contributed by atoms with van der Waals surface area (Å²) in [5.74, 6) is 0. The molecule has 0 atom stereocenters. The molecule has 0 saturated heterocycles. The van der Waals surface area contributed by atoms with E-state index in [9.17, 15) is 8.42 Å². The molecule has 0 aliphatic rings. The highest BCUT2D eigenvalue weighted by atomic mass is 35.5. The van der Waals surface area contributed by atoms with Crippen LogP contribution in [-0.4, -0.2) is 22.8 Å². The van der Waals surface area contributed by atoms with Gasteiger partial charge in [-0.15, -0.1) is 0 Å². The molecule has 0 saturated carbocycles. The number of anilines is 1. The van der Waals surface area contributed by atoms with Gasteiger partial charge in [0.25, 0.3) is 10.0 Å². The number of nitrogens with zero attached hydrogens (tertiary/aromatic N) is 3. The van der Waals surface area contributed by atoms with Crippen LogP contribution in [0.2, 0.25) is 5.15 Å². The van der Waals surface area contributed by atoms with Gasteiger partial charge in [-0.3, -0.25) is 9.40 Å². The van der Waals surface area contributed by atoms with Gasteiger partial charge in [-0.25, -0.2) is 8.42 Å². The Morgan fingerprint density at radius 1 is 1.17 bits per heavy atom. The summed E-state index contributed by atoms with van der Waals surface area (Å²) in [6, 6.07) is 10.9. The van der Waals surface area contributed by atoms with E-state index in [1.807, 2.05) is 35.2 Å². The molecule has 1 N–H and O–H groups in total. The van der Waals surface area contributed by atoms with E-state index in [1.165, 1.54) is 4.68 Å². The highest BCUT2D eigenvalue weighted by Gasteiger charge is 2.25. The first kappa shape index (κ1) is 15.6. The summed E-state index contributed by atoms with van der Waals surface area (Å²) in [5.41, 5.74) is 1.66. The maximum absolute atomic E-state index is 12.6. The van der Waals surface area contributed by atoms with Crippen LogP contribution in [0.4, 0.5) is 5.69 Å². The SMILES string of the molecule is Cc1nn(C)c(Cl)c1S(=O)(=O)Nc1cccc(-n2cccc2)c1. The Hall–Kier alpha value is -2.25. The lowest BCUT2D eigenvalue weighted by Crippen LogP contribution is -2.14. The van der Waals surface area contributed by atoms with E-state index in [1.54, 1.807) is 32.2 Å². The molecule has 120 valence electrons. The summed E-state index contributed by atoms with van der Waals surface area (Å²) < 4.78 is 31.0. The monoisotopic (exact) mass is 350 g/mol. The van der Waals surface area contributed by atoms with Gasteiger partial charge >= 0.3 is 0 Å². The summed E-state index contributed by atoms with van der Waals surface area (Å²) in [6.07, 6.45) is 3.77. The number of aromatic nitrogens is 3. The Labute approximate surface area is 139 Å². The second-order valence-electron chi connectivity index (χ2n) is 5.08. The molecule has 0 amide bonds. The van der Waals surface area contributed by atoms with E-state index in [4.69, 9.17) is 11.6 Å². The van der Waals surface area contributed by atoms with E-state index in [0.717, 1.165) is 5.69 Å². The van der Waals surface area contributed by atoms with E-state index in [-0.39, 0.29) is 10.0 Å². The molecule has 3 rings (SSSR count). The minimum Gasteiger partial charge on any atom is -0.324 e. The second-order valence-corrected chi connectivity index (χ2v) is 7.05. The second kappa shape index (κ2) is 5.75. The van der Waals surface area contributed by atoms with Gasteiger partial charge in [0, 0.05) is 25.1 Å². The van der Waals surface area contributed by atoms with Gasteiger partial charge in [0.1, 0.15) is 10.0 Å². The summed E-state index contributed by atoms with van der Waals surface area (Å²) in [4.78, 5) is -0.00645. The van der Waals surface area contributed by atoms with Crippen molar-refractivity contribution < 1.29 is 8.42 Å². The number of hydrogen-bond donors (Lipinski definition) is 1. The fourth-order valence-electron chi connectivity index (χ4n) is 2.36. The van der Waals surface area contributed by atoms with Crippen LogP contribution in [0.25, 0.3) is 5.69 Å². The molecule has 6 nitrogen and oxygen atoms in total. The van der Waals surface area contributed by atoms with Crippen LogP contribution < -0.4 is 4.72 Å². The van der Waals surface area contributed by atoms with Crippen LogP contribution in [0.1, 0.15) is 5.69 Å². The van der Waals surface area contributed by atoms with Crippen molar-refractivity contribution in [2.24, 2.45) is 7.05 Å². The molecule has 0 aliphatic carbocycles. The Kier molecular flexibility index (Phi) is 3.91. The minimum absolute atomic E-state index is 0.00645. The Morgan fingerprint density at radius 3 is 2.48 bits per heavy atom. The quantitative estimate of drug-likeness (QED) is 0.786. The average Bonchev–Trinajstić information content (AvgIpc) is 3.08. The molecular weight excluding hydrogens is 336 g/mol. The molecule has 0 spiro atoms. The lowest BCUT2D eigenvalue weighted by molar-refractivity contribution is 0.600. The van der Waals surface area contributed by atoms with E-state index in [0.29, 0.717) is 11.4 Å². The molecule has 0 unspecified atom stereocenters. The Morgan fingerprint density at radius 2 is 1.87 bits per heavy atom. The normalized spacial score (nSPS) is 11.6. The predicted octanol–water partition coefficient (Wildman–Crippen LogP) is 2.97. The maximum atomic E-state index is 12.6. The van der Waals surface area contributed by atoms with E-state index in [2.05, 4.69) is 9.82 Å². The standard InChI is InChI=1S/C15H15ClN4O2S/c1-11-14(15(16)19(2)17-11)23(21,22)18-12-6-5-7-13(10-12)20-8-3-4-9-20/h3-10,18H,1-2H3. The number of aryl methyl sites for hydroxylation is 2. The van der Waals surface area contributed by atoms with Crippen molar-refractivity contribution in [1.82, 2.24) is 14.3 Å². The van der Waals surface area contributed by atoms with Crippen molar-refractivity contribution in [1.29, 1.82) is 0 Å². The highest BCUT2D eigenvalue weighted by molar-refractivity contribution is 7.92. The maximum Gasteiger partial charge on any atom is 0.266 e. The molecule has 0 aliphatic heterocycles. The van der Waals surface area contributed by atoms with Crippen molar-refractivity contribution in [3.05, 3.63) is 59.6 Å². The minimum atomic E-state index is -3.81. The van der Waals surface area contributed by atoms with Crippen molar-refractivity contribution >= 4 is 27.3 Å². The molecule has 23 heavy (non-hydrogen) atoms. The molecule has 0 bridgehead atoms. The zero-order valence-corrected chi connectivity index (χ0v) is 14.1. The fourth-order valence-corrected chi connectivity index (χ4v) is 4.16. The zero-order valence-electron chi connectivity index (χ0n) is 12.6. The van der Waals surface area contributed by atoms with Gasteiger partial charge < -0.3 is 4.57 Å². The first-order chi connectivity index (χ1) is 10.9. The van der Waals surface area contributed by atoms with Gasteiger partial charge in [0.15, 0.2) is 0 Å². The predicted molar refractivity (Wildman–Crippen MR) is 89.5 cm³/mol. The molecule has 2 aromatic heterocycles. The average molecular weight is 351 g/mol. The largest absolute Gasteiger partial charge is 0.324 e. The third-order valence-corrected chi connectivity index (χ3v) is 5.45. The van der Waals surface area contributed by atoms with Crippen LogP contribution in [0.3, 0.4) is 0 Å². The molecule has 2 heterocycles. The number of sulfonamides is 1. The van der Waals surface area contributed by atoms with E-state index >= 15 is 0 Å². The molecule has 0 radical (unpaired) electrons. The molecule has 1 aromatic carbocycles. The van der Waals surface area contributed by atoms with E-state index < -0.39 is 10.0 Å². The third kappa shape index (κ3) is 2.97. The molecule has 3 aromatic rings. The van der Waals surface area contributed by atoms with Crippen LogP contribution in [0.5, 0.6) is 0 Å². The van der Waals surface area contributed by atoms with Crippen LogP contribution in [-0.2, 0) is 17.1 Å². The summed E-state index contributed by atoms with van der Waals surface area (Å²) in [6.45, 7) is 1.61. The van der Waals surface area contributed by atoms with Crippen molar-refractivity contribution in [3.63, 3.8) is 0 Å². The van der Waals surface area contributed by atoms with Crippen molar-refractivity contribution in [2.75, 3.05) is 4.72 Å². The zero-order chi connectivity index (χ0) is 16.6. The summed E-state index contributed by atoms with van der Waals surface area (Å²) in [7, 11) is -2.22. The smallest absolute Gasteiger partial charge is 0.266 e. The highest BCUT2D eigenvalue weighted by Crippen LogP contribution is 2.26. The lowest BCUT2D eigenvalue weighted by Gasteiger charge is -2.10. The Bertz CT molecular complexity index is 946. The van der Waals surface area contributed by atoms with Crippen LogP contribution in [0.15, 0.2) is 53.7 Å². The first-order valence-corrected chi connectivity index (χ1v) is 8.70. The van der Waals surface area contributed by atoms with Gasteiger partial charge in [-0.05, 0) is 37.3 Å². The topological polar surface area (TPSA) is 68.9 Å². The van der Waals surface area contributed by atoms with Gasteiger partial charge in [-0.2, -0.15) is 5.10 Å². The first-order valence-electron chi connectivity index (χ1n) is 6.84. The van der Waals surface area contributed by atoms with Gasteiger partial charge in [0.05, 0.1) is 11.4 Å². The number of nitrogens with one attached hydrogen (secondary N) is 1. The molecular formula is C15H15ClN4O2S.